The van der Waals surface area contributed by atoms with Crippen LogP contribution in [0.3, 0.4) is 0 Å². The van der Waals surface area contributed by atoms with E-state index in [9.17, 15) is 10.1 Å². The topological polar surface area (TPSA) is 52.9 Å². The molecule has 0 atom stereocenters. The standard InChI is InChI=1S/C17H24N2OSi/c1-21(2,3)12-16(20)14-6-8-15(9-7-14)19-17(13-18)10-4-5-11-17/h6-9,19H,4-5,10-12H2,1-3H3. The average Bonchev–Trinajstić information content (AvgIpc) is 2.87. The molecule has 1 aliphatic rings. The van der Waals surface area contributed by atoms with Gasteiger partial charge in [0.15, 0.2) is 5.78 Å². The van der Waals surface area contributed by atoms with Crippen LogP contribution in [0.1, 0.15) is 36.0 Å². The Morgan fingerprint density at radius 1 is 1.24 bits per heavy atom. The first kappa shape index (κ1) is 15.8. The van der Waals surface area contributed by atoms with Crippen LogP contribution in [0.15, 0.2) is 24.3 Å². The molecule has 0 unspecified atom stereocenters. The van der Waals surface area contributed by atoms with Crippen molar-refractivity contribution >= 4 is 19.5 Å². The van der Waals surface area contributed by atoms with Crippen molar-refractivity contribution in [1.29, 1.82) is 5.26 Å². The van der Waals surface area contributed by atoms with Gasteiger partial charge in [0.1, 0.15) is 5.54 Å². The monoisotopic (exact) mass is 300 g/mol. The van der Waals surface area contributed by atoms with Gasteiger partial charge >= 0.3 is 0 Å². The Morgan fingerprint density at radius 2 is 1.81 bits per heavy atom. The molecule has 0 saturated heterocycles. The lowest BCUT2D eigenvalue weighted by molar-refractivity contribution is 0.101. The summed E-state index contributed by atoms with van der Waals surface area (Å²) < 4.78 is 0. The van der Waals surface area contributed by atoms with E-state index in [-0.39, 0.29) is 5.78 Å². The maximum Gasteiger partial charge on any atom is 0.160 e. The smallest absolute Gasteiger partial charge is 0.160 e. The molecule has 2 rings (SSSR count). The summed E-state index contributed by atoms with van der Waals surface area (Å²) in [5.74, 6) is 0.233. The van der Waals surface area contributed by atoms with Crippen LogP contribution in [0.5, 0.6) is 0 Å². The van der Waals surface area contributed by atoms with Crippen LogP contribution in [-0.2, 0) is 0 Å². The van der Waals surface area contributed by atoms with Gasteiger partial charge in [0.2, 0.25) is 0 Å². The Morgan fingerprint density at radius 3 is 2.29 bits per heavy atom. The Hall–Kier alpha value is -1.60. The van der Waals surface area contributed by atoms with Crippen LogP contribution in [0, 0.1) is 11.3 Å². The number of nitriles is 1. The lowest BCUT2D eigenvalue weighted by Crippen LogP contribution is -2.32. The molecule has 1 aromatic carbocycles. The van der Waals surface area contributed by atoms with E-state index in [1.54, 1.807) is 0 Å². The maximum atomic E-state index is 12.2. The molecule has 0 aliphatic heterocycles. The zero-order valence-electron chi connectivity index (χ0n) is 13.2. The highest BCUT2D eigenvalue weighted by molar-refractivity contribution is 6.79. The number of benzene rings is 1. The quantitative estimate of drug-likeness (QED) is 0.645. The van der Waals surface area contributed by atoms with Gasteiger partial charge in [-0.1, -0.05) is 19.6 Å². The highest BCUT2D eigenvalue weighted by Crippen LogP contribution is 2.32. The lowest BCUT2D eigenvalue weighted by Gasteiger charge is -2.23. The molecule has 1 aliphatic carbocycles. The number of carbonyl (C=O) groups is 1. The van der Waals surface area contributed by atoms with E-state index in [1.807, 2.05) is 24.3 Å². The van der Waals surface area contributed by atoms with E-state index >= 15 is 0 Å². The molecule has 3 nitrogen and oxygen atoms in total. The summed E-state index contributed by atoms with van der Waals surface area (Å²) in [7, 11) is -1.37. The maximum absolute atomic E-state index is 12.2. The summed E-state index contributed by atoms with van der Waals surface area (Å²) in [6.45, 7) is 6.62. The molecule has 0 bridgehead atoms. The molecule has 4 heteroatoms. The van der Waals surface area contributed by atoms with Gasteiger partial charge < -0.3 is 5.32 Å². The summed E-state index contributed by atoms with van der Waals surface area (Å²) in [4.78, 5) is 12.2. The number of Topliss-reactive ketones (excluding diaryl/α,β-unsaturated/α-hetero) is 1. The average molecular weight is 300 g/mol. The second kappa shape index (κ2) is 6.03. The van der Waals surface area contributed by atoms with Gasteiger partial charge in [-0.2, -0.15) is 5.26 Å². The van der Waals surface area contributed by atoms with E-state index in [1.165, 1.54) is 0 Å². The molecular weight excluding hydrogens is 276 g/mol. The molecule has 1 N–H and O–H groups in total. The van der Waals surface area contributed by atoms with E-state index in [4.69, 9.17) is 0 Å². The zero-order chi connectivity index (χ0) is 15.5. The molecule has 0 aromatic heterocycles. The third-order valence-corrected chi connectivity index (χ3v) is 5.33. The number of hydrogen-bond acceptors (Lipinski definition) is 3. The summed E-state index contributed by atoms with van der Waals surface area (Å²) in [6, 6.07) is 10.7. The first-order chi connectivity index (χ1) is 9.84. The van der Waals surface area contributed by atoms with Gasteiger partial charge in [0, 0.05) is 17.3 Å². The first-order valence-corrected chi connectivity index (χ1v) is 11.4. The highest BCUT2D eigenvalue weighted by Gasteiger charge is 2.33. The number of carbonyl (C=O) groups excluding carboxylic acids is 1. The molecule has 1 fully saturated rings. The summed E-state index contributed by atoms with van der Waals surface area (Å²) in [5, 5.41) is 12.7. The largest absolute Gasteiger partial charge is 0.367 e. The molecule has 112 valence electrons. The minimum absolute atomic E-state index is 0.233. The Balaban J connectivity index is 2.06. The van der Waals surface area contributed by atoms with Crippen molar-refractivity contribution in [1.82, 2.24) is 0 Å². The van der Waals surface area contributed by atoms with Crippen LogP contribution in [-0.4, -0.2) is 19.4 Å². The number of anilines is 1. The van der Waals surface area contributed by atoms with Gasteiger partial charge in [0.25, 0.3) is 0 Å². The predicted molar refractivity (Wildman–Crippen MR) is 89.4 cm³/mol. The number of rotatable bonds is 5. The van der Waals surface area contributed by atoms with Crippen molar-refractivity contribution in [3.63, 3.8) is 0 Å². The normalized spacial score (nSPS) is 17.2. The van der Waals surface area contributed by atoms with E-state index in [0.717, 1.165) is 36.9 Å². The SMILES string of the molecule is C[Si](C)(C)CC(=O)c1ccc(NC2(C#N)CCCC2)cc1. The Bertz CT molecular complexity index is 546. The van der Waals surface area contributed by atoms with Gasteiger partial charge in [0.05, 0.1) is 14.1 Å². The highest BCUT2D eigenvalue weighted by atomic mass is 28.3. The molecule has 0 heterocycles. The third kappa shape index (κ3) is 4.18. The van der Waals surface area contributed by atoms with Crippen molar-refractivity contribution in [2.75, 3.05) is 5.32 Å². The zero-order valence-corrected chi connectivity index (χ0v) is 14.2. The fourth-order valence-corrected chi connectivity index (χ4v) is 4.01. The second-order valence-electron chi connectivity index (χ2n) is 7.26. The fourth-order valence-electron chi connectivity index (χ4n) is 2.84. The van der Waals surface area contributed by atoms with Crippen LogP contribution < -0.4 is 5.32 Å². The molecular formula is C17H24N2OSi. The van der Waals surface area contributed by atoms with Crippen molar-refractivity contribution < 1.29 is 4.79 Å². The number of hydrogen-bond donors (Lipinski definition) is 1. The van der Waals surface area contributed by atoms with Crippen molar-refractivity contribution in [2.24, 2.45) is 0 Å². The van der Waals surface area contributed by atoms with Crippen LogP contribution in [0.4, 0.5) is 5.69 Å². The molecule has 0 amide bonds. The molecule has 0 spiro atoms. The van der Waals surface area contributed by atoms with E-state index in [2.05, 4.69) is 31.0 Å². The minimum Gasteiger partial charge on any atom is -0.367 e. The van der Waals surface area contributed by atoms with E-state index < -0.39 is 13.6 Å². The third-order valence-electron chi connectivity index (χ3n) is 3.95. The van der Waals surface area contributed by atoms with Crippen LogP contribution in [0.2, 0.25) is 25.7 Å². The number of nitrogens with zero attached hydrogens (tertiary/aromatic N) is 1. The number of ketones is 1. The van der Waals surface area contributed by atoms with Gasteiger partial charge in [-0.15, -0.1) is 0 Å². The van der Waals surface area contributed by atoms with Crippen molar-refractivity contribution in [3.8, 4) is 6.07 Å². The molecule has 1 aromatic rings. The van der Waals surface area contributed by atoms with Crippen molar-refractivity contribution in [3.05, 3.63) is 29.8 Å². The van der Waals surface area contributed by atoms with Crippen molar-refractivity contribution in [2.45, 2.75) is 56.9 Å². The van der Waals surface area contributed by atoms with Gasteiger partial charge in [-0.3, -0.25) is 4.79 Å². The number of nitrogens with one attached hydrogen (secondary N) is 1. The molecule has 0 radical (unpaired) electrons. The Kier molecular flexibility index (Phi) is 4.53. The van der Waals surface area contributed by atoms with Crippen LogP contribution in [0.25, 0.3) is 0 Å². The summed E-state index contributed by atoms with van der Waals surface area (Å²) >= 11 is 0. The van der Waals surface area contributed by atoms with Crippen LogP contribution >= 0.6 is 0 Å². The minimum atomic E-state index is -1.37. The van der Waals surface area contributed by atoms with Gasteiger partial charge in [-0.25, -0.2) is 0 Å². The molecule has 21 heavy (non-hydrogen) atoms. The second-order valence-corrected chi connectivity index (χ2v) is 12.7. The first-order valence-electron chi connectivity index (χ1n) is 7.66. The summed E-state index contributed by atoms with van der Waals surface area (Å²) in [6.07, 6.45) is 4.01. The predicted octanol–water partition coefficient (Wildman–Crippen LogP) is 4.46. The fraction of sp³-hybridized carbons (Fsp3) is 0.529. The summed E-state index contributed by atoms with van der Waals surface area (Å²) in [5.41, 5.74) is 1.30. The molecule has 1 saturated carbocycles. The lowest BCUT2D eigenvalue weighted by atomic mass is 9.99. The van der Waals surface area contributed by atoms with E-state index in [0.29, 0.717) is 6.04 Å². The Labute approximate surface area is 128 Å². The van der Waals surface area contributed by atoms with Gasteiger partial charge in [-0.05, 0) is 49.9 Å².